The van der Waals surface area contributed by atoms with Crippen LogP contribution in [0.3, 0.4) is 0 Å². The third kappa shape index (κ3) is 1.96. The van der Waals surface area contributed by atoms with Gasteiger partial charge in [0.2, 0.25) is 0 Å². The topological polar surface area (TPSA) is 30.2 Å². The maximum Gasteiger partial charge on any atom is 0.182 e. The number of hydrogen-bond acceptors (Lipinski definition) is 2. The molecule has 90 valence electrons. The number of nitrogens with zero attached hydrogens (tertiary/aromatic N) is 3. The Labute approximate surface area is 114 Å². The molecule has 2 aromatic heterocycles. The number of aromatic nitrogens is 3. The normalized spacial score (nSPS) is 11.1. The predicted molar refractivity (Wildman–Crippen MR) is 73.2 cm³/mol. The van der Waals surface area contributed by atoms with Gasteiger partial charge in [0.25, 0.3) is 0 Å². The molecule has 0 bridgehead atoms. The van der Waals surface area contributed by atoms with Gasteiger partial charge < -0.3 is 0 Å². The maximum atomic E-state index is 5.98. The molecule has 1 aromatic carbocycles. The van der Waals surface area contributed by atoms with Crippen LogP contribution < -0.4 is 0 Å². The Morgan fingerprint density at radius 2 is 1.78 bits per heavy atom. The van der Waals surface area contributed by atoms with Crippen LogP contribution in [0.2, 0.25) is 10.0 Å². The van der Waals surface area contributed by atoms with Crippen molar-refractivity contribution >= 4 is 28.8 Å². The van der Waals surface area contributed by atoms with Crippen molar-refractivity contribution < 1.29 is 0 Å². The summed E-state index contributed by atoms with van der Waals surface area (Å²) < 4.78 is 1.80. The number of benzene rings is 1. The van der Waals surface area contributed by atoms with E-state index < -0.39 is 0 Å². The lowest BCUT2D eigenvalue weighted by molar-refractivity contribution is 0.918. The zero-order valence-corrected chi connectivity index (χ0v) is 11.1. The second-order valence-electron chi connectivity index (χ2n) is 4.03. The van der Waals surface area contributed by atoms with E-state index in [4.69, 9.17) is 23.2 Å². The number of pyridine rings is 1. The Hall–Kier alpha value is -1.58. The second-order valence-corrected chi connectivity index (χ2v) is 4.90. The van der Waals surface area contributed by atoms with Gasteiger partial charge in [0.15, 0.2) is 11.5 Å². The molecule has 0 atom stereocenters. The summed E-state index contributed by atoms with van der Waals surface area (Å²) in [5.74, 6) is 0.619. The van der Waals surface area contributed by atoms with Gasteiger partial charge in [0.05, 0.1) is 0 Å². The fraction of sp³-hybridized carbons (Fsp3) is 0.0769. The van der Waals surface area contributed by atoms with E-state index in [1.165, 1.54) is 0 Å². The molecule has 18 heavy (non-hydrogen) atoms. The first-order valence-corrected chi connectivity index (χ1v) is 6.18. The molecule has 5 heteroatoms. The first-order chi connectivity index (χ1) is 8.63. The molecular formula is C13H9Cl2N3. The average molecular weight is 278 g/mol. The van der Waals surface area contributed by atoms with Crippen LogP contribution in [0.15, 0.2) is 36.4 Å². The highest BCUT2D eigenvalue weighted by molar-refractivity contribution is 6.35. The van der Waals surface area contributed by atoms with Crippen molar-refractivity contribution in [2.45, 2.75) is 6.92 Å². The van der Waals surface area contributed by atoms with Crippen LogP contribution >= 0.6 is 23.2 Å². The zero-order valence-electron chi connectivity index (χ0n) is 9.56. The highest BCUT2D eigenvalue weighted by atomic mass is 35.5. The van der Waals surface area contributed by atoms with Crippen LogP contribution in [0.5, 0.6) is 0 Å². The predicted octanol–water partition coefficient (Wildman–Crippen LogP) is 4.01. The van der Waals surface area contributed by atoms with Crippen LogP contribution in [0.25, 0.3) is 17.0 Å². The Kier molecular flexibility index (Phi) is 2.73. The minimum absolute atomic E-state index is 0.577. The Morgan fingerprint density at radius 1 is 1.06 bits per heavy atom. The summed E-state index contributed by atoms with van der Waals surface area (Å²) in [6.45, 7) is 1.98. The smallest absolute Gasteiger partial charge is 0.182 e. The van der Waals surface area contributed by atoms with Crippen molar-refractivity contribution in [2.75, 3.05) is 0 Å². The summed E-state index contributed by atoms with van der Waals surface area (Å²) in [5.41, 5.74) is 2.65. The molecule has 0 aliphatic rings. The first-order valence-electron chi connectivity index (χ1n) is 5.42. The Morgan fingerprint density at radius 3 is 2.44 bits per heavy atom. The molecule has 2 heterocycles. The molecule has 0 saturated carbocycles. The van der Waals surface area contributed by atoms with Crippen molar-refractivity contribution in [3.63, 3.8) is 0 Å². The maximum absolute atomic E-state index is 5.98. The van der Waals surface area contributed by atoms with Gasteiger partial charge in [0, 0.05) is 21.3 Å². The molecule has 3 aromatic rings. The lowest BCUT2D eigenvalue weighted by Crippen LogP contribution is -1.91. The first kappa shape index (κ1) is 11.5. The summed E-state index contributed by atoms with van der Waals surface area (Å²) in [5, 5.41) is 5.61. The summed E-state index contributed by atoms with van der Waals surface area (Å²) in [6, 6.07) is 11.1. The minimum Gasteiger partial charge on any atom is -0.218 e. The minimum atomic E-state index is 0.577. The summed E-state index contributed by atoms with van der Waals surface area (Å²) in [4.78, 5) is 4.46. The van der Waals surface area contributed by atoms with Crippen LogP contribution in [-0.2, 0) is 0 Å². The summed E-state index contributed by atoms with van der Waals surface area (Å²) >= 11 is 12.0. The molecule has 3 nitrogen and oxygen atoms in total. The largest absolute Gasteiger partial charge is 0.218 e. The van der Waals surface area contributed by atoms with Gasteiger partial charge in [-0.05, 0) is 37.3 Å². The van der Waals surface area contributed by atoms with E-state index in [0.29, 0.717) is 15.9 Å². The summed E-state index contributed by atoms with van der Waals surface area (Å²) in [7, 11) is 0. The van der Waals surface area contributed by atoms with Gasteiger partial charge in [-0.3, -0.25) is 0 Å². The third-order valence-electron chi connectivity index (χ3n) is 2.67. The molecule has 0 N–H and O–H groups in total. The van der Waals surface area contributed by atoms with E-state index in [1.807, 2.05) is 25.1 Å². The standard InChI is InChI=1S/C13H9Cl2N3/c1-8-3-2-4-12-16-13(17-18(8)12)9-5-10(14)7-11(15)6-9/h2-7H,1H3. The molecule has 0 aliphatic carbocycles. The van der Waals surface area contributed by atoms with Gasteiger partial charge in [0.1, 0.15) is 0 Å². The molecule has 0 fully saturated rings. The fourth-order valence-electron chi connectivity index (χ4n) is 1.84. The van der Waals surface area contributed by atoms with Crippen LogP contribution in [0.4, 0.5) is 0 Å². The van der Waals surface area contributed by atoms with Crippen LogP contribution in [0, 0.1) is 6.92 Å². The Bertz CT molecular complexity index is 714. The second kappa shape index (κ2) is 4.26. The highest BCUT2D eigenvalue weighted by Gasteiger charge is 2.08. The highest BCUT2D eigenvalue weighted by Crippen LogP contribution is 2.25. The molecule has 3 rings (SSSR count). The van der Waals surface area contributed by atoms with E-state index in [1.54, 1.807) is 22.7 Å². The van der Waals surface area contributed by atoms with Crippen molar-refractivity contribution in [3.8, 4) is 11.4 Å². The van der Waals surface area contributed by atoms with Gasteiger partial charge in [-0.25, -0.2) is 9.50 Å². The van der Waals surface area contributed by atoms with Crippen LogP contribution in [0.1, 0.15) is 5.69 Å². The number of halogens is 2. The van der Waals surface area contributed by atoms with E-state index in [0.717, 1.165) is 16.9 Å². The quantitative estimate of drug-likeness (QED) is 0.673. The SMILES string of the molecule is Cc1cccc2nc(-c3cc(Cl)cc(Cl)c3)nn12. The van der Waals surface area contributed by atoms with Gasteiger partial charge in [-0.15, -0.1) is 5.10 Å². The van der Waals surface area contributed by atoms with Crippen molar-refractivity contribution in [3.05, 3.63) is 52.1 Å². The number of fused-ring (bicyclic) bond motifs is 1. The molecule has 0 spiro atoms. The van der Waals surface area contributed by atoms with E-state index in [9.17, 15) is 0 Å². The lowest BCUT2D eigenvalue weighted by atomic mass is 10.2. The molecule has 0 radical (unpaired) electrons. The van der Waals surface area contributed by atoms with E-state index in [-0.39, 0.29) is 0 Å². The van der Waals surface area contributed by atoms with Crippen molar-refractivity contribution in [2.24, 2.45) is 0 Å². The molecular weight excluding hydrogens is 269 g/mol. The van der Waals surface area contributed by atoms with Gasteiger partial charge >= 0.3 is 0 Å². The molecule has 0 unspecified atom stereocenters. The molecule has 0 amide bonds. The summed E-state index contributed by atoms with van der Waals surface area (Å²) in [6.07, 6.45) is 0. The van der Waals surface area contributed by atoms with E-state index >= 15 is 0 Å². The molecule has 0 saturated heterocycles. The number of aryl methyl sites for hydroxylation is 1. The van der Waals surface area contributed by atoms with E-state index in [2.05, 4.69) is 10.1 Å². The zero-order chi connectivity index (χ0) is 12.7. The number of rotatable bonds is 1. The fourth-order valence-corrected chi connectivity index (χ4v) is 2.37. The van der Waals surface area contributed by atoms with Crippen molar-refractivity contribution in [1.82, 2.24) is 14.6 Å². The van der Waals surface area contributed by atoms with Gasteiger partial charge in [-0.2, -0.15) is 0 Å². The third-order valence-corrected chi connectivity index (χ3v) is 3.11. The van der Waals surface area contributed by atoms with Crippen molar-refractivity contribution in [1.29, 1.82) is 0 Å². The lowest BCUT2D eigenvalue weighted by Gasteiger charge is -1.97. The van der Waals surface area contributed by atoms with Crippen LogP contribution in [-0.4, -0.2) is 14.6 Å². The Balaban J connectivity index is 2.22. The average Bonchev–Trinajstić information content (AvgIpc) is 2.73. The monoisotopic (exact) mass is 277 g/mol. The van der Waals surface area contributed by atoms with Gasteiger partial charge in [-0.1, -0.05) is 29.3 Å². The number of hydrogen-bond donors (Lipinski definition) is 0. The molecule has 0 aliphatic heterocycles.